The molecule has 0 radical (unpaired) electrons. The highest BCUT2D eigenvalue weighted by molar-refractivity contribution is 5.85. The van der Waals surface area contributed by atoms with Crippen molar-refractivity contribution in [1.29, 1.82) is 0 Å². The Kier molecular flexibility index (Phi) is 9.19. The summed E-state index contributed by atoms with van der Waals surface area (Å²) in [7, 11) is 0. The van der Waals surface area contributed by atoms with E-state index in [-0.39, 0.29) is 24.8 Å². The zero-order valence-corrected chi connectivity index (χ0v) is 13.0. The van der Waals surface area contributed by atoms with Gasteiger partial charge < -0.3 is 10.4 Å². The van der Waals surface area contributed by atoms with Gasteiger partial charge in [0.15, 0.2) is 0 Å². The summed E-state index contributed by atoms with van der Waals surface area (Å²) < 4.78 is 0. The standard InChI is InChI=1S/C14H22N2O.2ClH/c1-2-16-9-3-4-13(16)11-15-10-12-5-7-14(17)8-6-12;;/h5-8,13,15,17H,2-4,9-11H2,1H3;2*1H. The van der Waals surface area contributed by atoms with Gasteiger partial charge in [0.1, 0.15) is 5.75 Å². The summed E-state index contributed by atoms with van der Waals surface area (Å²) >= 11 is 0. The van der Waals surface area contributed by atoms with Gasteiger partial charge in [0.05, 0.1) is 0 Å². The summed E-state index contributed by atoms with van der Waals surface area (Å²) in [6.45, 7) is 6.59. The number of hydrogen-bond acceptors (Lipinski definition) is 3. The predicted octanol–water partition coefficient (Wildman–Crippen LogP) is 2.81. The summed E-state index contributed by atoms with van der Waals surface area (Å²) in [5, 5.41) is 12.7. The Bertz CT molecular complexity index is 346. The summed E-state index contributed by atoms with van der Waals surface area (Å²) in [6, 6.07) is 8.12. The van der Waals surface area contributed by atoms with Crippen LogP contribution in [0.4, 0.5) is 0 Å². The first-order chi connectivity index (χ1) is 8.29. The fraction of sp³-hybridized carbons (Fsp3) is 0.571. The van der Waals surface area contributed by atoms with E-state index in [1.54, 1.807) is 12.1 Å². The molecule has 0 aromatic heterocycles. The van der Waals surface area contributed by atoms with Crippen molar-refractivity contribution in [1.82, 2.24) is 10.2 Å². The molecule has 0 aliphatic carbocycles. The molecule has 1 aliphatic heterocycles. The van der Waals surface area contributed by atoms with Crippen LogP contribution in [0.1, 0.15) is 25.3 Å². The molecule has 1 aromatic rings. The second-order valence-corrected chi connectivity index (χ2v) is 4.72. The van der Waals surface area contributed by atoms with E-state index in [0.717, 1.165) is 19.6 Å². The molecule has 3 nitrogen and oxygen atoms in total. The van der Waals surface area contributed by atoms with E-state index >= 15 is 0 Å². The molecule has 1 aliphatic rings. The van der Waals surface area contributed by atoms with Crippen molar-refractivity contribution in [3.05, 3.63) is 29.8 Å². The van der Waals surface area contributed by atoms with Gasteiger partial charge in [0.25, 0.3) is 0 Å². The number of likely N-dealkylation sites (tertiary alicyclic amines) is 1. The number of phenolic OH excluding ortho intramolecular Hbond substituents is 1. The maximum atomic E-state index is 9.19. The number of benzene rings is 1. The van der Waals surface area contributed by atoms with Crippen LogP contribution in [0.5, 0.6) is 5.75 Å². The third-order valence-electron chi connectivity index (χ3n) is 3.55. The fourth-order valence-corrected chi connectivity index (χ4v) is 2.54. The largest absolute Gasteiger partial charge is 0.508 e. The van der Waals surface area contributed by atoms with Crippen LogP contribution >= 0.6 is 24.8 Å². The number of aromatic hydroxyl groups is 1. The Morgan fingerprint density at radius 3 is 2.58 bits per heavy atom. The lowest BCUT2D eigenvalue weighted by Gasteiger charge is -2.23. The fourth-order valence-electron chi connectivity index (χ4n) is 2.54. The van der Waals surface area contributed by atoms with Gasteiger partial charge in [0.2, 0.25) is 0 Å². The van der Waals surface area contributed by atoms with Crippen molar-refractivity contribution < 1.29 is 5.11 Å². The highest BCUT2D eigenvalue weighted by Crippen LogP contribution is 2.16. The summed E-state index contributed by atoms with van der Waals surface area (Å²) in [5.74, 6) is 0.335. The molecule has 1 saturated heterocycles. The van der Waals surface area contributed by atoms with E-state index in [1.807, 2.05) is 12.1 Å². The highest BCUT2D eigenvalue weighted by Gasteiger charge is 2.21. The normalized spacial score (nSPS) is 18.7. The molecule has 1 aromatic carbocycles. The molecule has 2 rings (SSSR count). The molecular weight excluding hydrogens is 283 g/mol. The first kappa shape index (κ1) is 18.5. The monoisotopic (exact) mass is 306 g/mol. The first-order valence-corrected chi connectivity index (χ1v) is 6.52. The van der Waals surface area contributed by atoms with Crippen LogP contribution in [0.3, 0.4) is 0 Å². The molecule has 0 bridgehead atoms. The van der Waals surface area contributed by atoms with Gasteiger partial charge in [-0.1, -0.05) is 19.1 Å². The number of phenols is 1. The number of rotatable bonds is 5. The summed E-state index contributed by atoms with van der Waals surface area (Å²) in [5.41, 5.74) is 1.23. The maximum absolute atomic E-state index is 9.19. The zero-order chi connectivity index (χ0) is 12.1. The molecule has 0 spiro atoms. The number of hydrogen-bond donors (Lipinski definition) is 2. The van der Waals surface area contributed by atoms with Gasteiger partial charge >= 0.3 is 0 Å². The molecule has 1 unspecified atom stereocenters. The van der Waals surface area contributed by atoms with Gasteiger partial charge in [-0.05, 0) is 43.6 Å². The van der Waals surface area contributed by atoms with E-state index in [0.29, 0.717) is 11.8 Å². The Labute approximate surface area is 128 Å². The molecule has 19 heavy (non-hydrogen) atoms. The minimum absolute atomic E-state index is 0. The van der Waals surface area contributed by atoms with Gasteiger partial charge in [-0.2, -0.15) is 0 Å². The third kappa shape index (κ3) is 5.57. The van der Waals surface area contributed by atoms with Gasteiger partial charge in [-0.3, -0.25) is 4.90 Å². The number of likely N-dealkylation sites (N-methyl/N-ethyl adjacent to an activating group) is 1. The van der Waals surface area contributed by atoms with Gasteiger partial charge in [0, 0.05) is 19.1 Å². The van der Waals surface area contributed by atoms with Crippen molar-refractivity contribution in [2.75, 3.05) is 19.6 Å². The molecule has 5 heteroatoms. The second kappa shape index (κ2) is 9.43. The van der Waals surface area contributed by atoms with Crippen LogP contribution in [-0.4, -0.2) is 35.7 Å². The van der Waals surface area contributed by atoms with Crippen molar-refractivity contribution in [2.45, 2.75) is 32.4 Å². The third-order valence-corrected chi connectivity index (χ3v) is 3.55. The quantitative estimate of drug-likeness (QED) is 0.878. The smallest absolute Gasteiger partial charge is 0.115 e. The Morgan fingerprint density at radius 2 is 1.95 bits per heavy atom. The highest BCUT2D eigenvalue weighted by atomic mass is 35.5. The van der Waals surface area contributed by atoms with E-state index in [2.05, 4.69) is 17.1 Å². The van der Waals surface area contributed by atoms with Gasteiger partial charge in [-0.15, -0.1) is 24.8 Å². The minimum Gasteiger partial charge on any atom is -0.508 e. The lowest BCUT2D eigenvalue weighted by Crippen LogP contribution is -2.37. The lowest BCUT2D eigenvalue weighted by molar-refractivity contribution is 0.260. The predicted molar refractivity (Wildman–Crippen MR) is 84.6 cm³/mol. The molecule has 1 fully saturated rings. The maximum Gasteiger partial charge on any atom is 0.115 e. The van der Waals surface area contributed by atoms with Crippen molar-refractivity contribution in [2.24, 2.45) is 0 Å². The van der Waals surface area contributed by atoms with Crippen LogP contribution in [0.25, 0.3) is 0 Å². The zero-order valence-electron chi connectivity index (χ0n) is 11.3. The van der Waals surface area contributed by atoms with E-state index in [4.69, 9.17) is 0 Å². The molecule has 0 saturated carbocycles. The van der Waals surface area contributed by atoms with Crippen LogP contribution in [-0.2, 0) is 6.54 Å². The van der Waals surface area contributed by atoms with E-state index in [1.165, 1.54) is 24.9 Å². The molecular formula is C14H24Cl2N2O. The van der Waals surface area contributed by atoms with Crippen LogP contribution < -0.4 is 5.32 Å². The lowest BCUT2D eigenvalue weighted by atomic mass is 10.2. The number of halogens is 2. The number of nitrogens with zero attached hydrogens (tertiary/aromatic N) is 1. The van der Waals surface area contributed by atoms with Crippen LogP contribution in [0, 0.1) is 0 Å². The molecule has 1 heterocycles. The SMILES string of the molecule is CCN1CCCC1CNCc1ccc(O)cc1.Cl.Cl. The van der Waals surface area contributed by atoms with Crippen LogP contribution in [0.2, 0.25) is 0 Å². The topological polar surface area (TPSA) is 35.5 Å². The van der Waals surface area contributed by atoms with E-state index in [9.17, 15) is 5.11 Å². The van der Waals surface area contributed by atoms with Gasteiger partial charge in [-0.25, -0.2) is 0 Å². The Hall–Kier alpha value is -0.480. The van der Waals surface area contributed by atoms with Crippen LogP contribution in [0.15, 0.2) is 24.3 Å². The summed E-state index contributed by atoms with van der Waals surface area (Å²) in [4.78, 5) is 2.55. The minimum atomic E-state index is 0. The molecule has 2 N–H and O–H groups in total. The average Bonchev–Trinajstić information content (AvgIpc) is 2.79. The second-order valence-electron chi connectivity index (χ2n) is 4.72. The van der Waals surface area contributed by atoms with Crippen molar-refractivity contribution >= 4 is 24.8 Å². The Balaban J connectivity index is 0.00000162. The molecule has 1 atom stereocenters. The summed E-state index contributed by atoms with van der Waals surface area (Å²) in [6.07, 6.45) is 2.65. The average molecular weight is 307 g/mol. The van der Waals surface area contributed by atoms with Crippen molar-refractivity contribution in [3.63, 3.8) is 0 Å². The first-order valence-electron chi connectivity index (χ1n) is 6.52. The molecule has 110 valence electrons. The Morgan fingerprint density at radius 1 is 1.26 bits per heavy atom. The van der Waals surface area contributed by atoms with Crippen molar-refractivity contribution in [3.8, 4) is 5.75 Å². The van der Waals surface area contributed by atoms with E-state index < -0.39 is 0 Å². The number of nitrogens with one attached hydrogen (secondary N) is 1. The molecule has 0 amide bonds.